The highest BCUT2D eigenvalue weighted by molar-refractivity contribution is 7.18. The number of aromatic nitrogens is 2. The van der Waals surface area contributed by atoms with Crippen molar-refractivity contribution in [2.45, 2.75) is 0 Å². The fourth-order valence-electron chi connectivity index (χ4n) is 2.71. The molecule has 26 heavy (non-hydrogen) atoms. The number of imidazole rings is 1. The van der Waals surface area contributed by atoms with Crippen LogP contribution in [0.5, 0.6) is 5.75 Å². The topological polar surface area (TPSA) is 87.2 Å². The molecule has 130 valence electrons. The van der Waals surface area contributed by atoms with Crippen LogP contribution in [0.1, 0.15) is 10.4 Å². The van der Waals surface area contributed by atoms with E-state index in [1.807, 2.05) is 30.3 Å². The largest absolute Gasteiger partial charge is 0.497 e. The normalized spacial score (nSPS) is 10.8. The van der Waals surface area contributed by atoms with Crippen molar-refractivity contribution in [3.05, 3.63) is 60.2 Å². The summed E-state index contributed by atoms with van der Waals surface area (Å²) < 4.78 is 5.19. The third-order valence-electron chi connectivity index (χ3n) is 4.06. The lowest BCUT2D eigenvalue weighted by Gasteiger charge is -2.00. The average molecular weight is 365 g/mol. The van der Waals surface area contributed by atoms with E-state index in [0.29, 0.717) is 5.56 Å². The molecule has 0 saturated heterocycles. The Morgan fingerprint density at radius 3 is 2.62 bits per heavy atom. The van der Waals surface area contributed by atoms with Crippen LogP contribution in [0.2, 0.25) is 0 Å². The minimum Gasteiger partial charge on any atom is -0.497 e. The first kappa shape index (κ1) is 16.3. The van der Waals surface area contributed by atoms with Crippen molar-refractivity contribution in [1.29, 1.82) is 0 Å². The Hall–Kier alpha value is -3.16. The number of methoxy groups -OCH3 is 1. The number of hydrogen-bond acceptors (Lipinski definition) is 5. The summed E-state index contributed by atoms with van der Waals surface area (Å²) in [7, 11) is 1.65. The van der Waals surface area contributed by atoms with Crippen LogP contribution in [-0.2, 0) is 0 Å². The van der Waals surface area contributed by atoms with E-state index in [1.165, 1.54) is 0 Å². The zero-order chi connectivity index (χ0) is 18.1. The van der Waals surface area contributed by atoms with Gasteiger partial charge >= 0.3 is 0 Å². The SMILES string of the molecule is COc1ccc(-c2ccc(-c3nc4ccc(C(=O)NO)cc4[nH]3)s2)cc1. The Kier molecular flexibility index (Phi) is 4.16. The van der Waals surface area contributed by atoms with Crippen molar-refractivity contribution in [2.75, 3.05) is 7.11 Å². The number of amides is 1. The molecule has 3 N–H and O–H groups in total. The van der Waals surface area contributed by atoms with Gasteiger partial charge in [0.2, 0.25) is 0 Å². The van der Waals surface area contributed by atoms with Crippen LogP contribution in [0.4, 0.5) is 0 Å². The lowest BCUT2D eigenvalue weighted by atomic mass is 10.2. The number of fused-ring (bicyclic) bond motifs is 1. The standard InChI is InChI=1S/C19H15N3O3S/c1-25-13-5-2-11(3-6-13)16-8-9-17(26-16)18-20-14-7-4-12(19(23)22-24)10-15(14)21-18/h2-10,24H,1H3,(H,20,21)(H,22,23). The first-order valence-corrected chi connectivity index (χ1v) is 8.68. The monoisotopic (exact) mass is 365 g/mol. The van der Waals surface area contributed by atoms with Crippen molar-refractivity contribution >= 4 is 28.3 Å². The van der Waals surface area contributed by atoms with Gasteiger partial charge in [0, 0.05) is 10.4 Å². The molecule has 0 aliphatic carbocycles. The van der Waals surface area contributed by atoms with Gasteiger partial charge in [0.1, 0.15) is 11.6 Å². The molecule has 0 radical (unpaired) electrons. The van der Waals surface area contributed by atoms with E-state index in [-0.39, 0.29) is 0 Å². The number of aromatic amines is 1. The number of benzene rings is 2. The van der Waals surface area contributed by atoms with Gasteiger partial charge in [-0.3, -0.25) is 10.0 Å². The molecular formula is C19H15N3O3S. The molecule has 0 aliphatic rings. The minimum atomic E-state index is -0.555. The minimum absolute atomic E-state index is 0.361. The number of carbonyl (C=O) groups excluding carboxylic acids is 1. The number of hydrogen-bond donors (Lipinski definition) is 3. The van der Waals surface area contributed by atoms with Gasteiger partial charge < -0.3 is 9.72 Å². The summed E-state index contributed by atoms with van der Waals surface area (Å²) in [6, 6.07) is 17.0. The van der Waals surface area contributed by atoms with E-state index >= 15 is 0 Å². The number of rotatable bonds is 4. The molecule has 0 unspecified atom stereocenters. The second kappa shape index (κ2) is 6.62. The molecule has 2 aromatic heterocycles. The average Bonchev–Trinajstić information content (AvgIpc) is 3.33. The van der Waals surface area contributed by atoms with Gasteiger partial charge in [0.25, 0.3) is 5.91 Å². The second-order valence-electron chi connectivity index (χ2n) is 5.65. The maximum Gasteiger partial charge on any atom is 0.274 e. The number of H-pyrrole nitrogens is 1. The van der Waals surface area contributed by atoms with Gasteiger partial charge in [-0.15, -0.1) is 11.3 Å². The van der Waals surface area contributed by atoms with Crippen LogP contribution in [0, 0.1) is 0 Å². The van der Waals surface area contributed by atoms with Crippen molar-refractivity contribution in [3.8, 4) is 26.9 Å². The maximum absolute atomic E-state index is 11.5. The Balaban J connectivity index is 1.67. The van der Waals surface area contributed by atoms with Gasteiger partial charge in [-0.1, -0.05) is 0 Å². The number of nitrogens with zero attached hydrogens (tertiary/aromatic N) is 1. The third-order valence-corrected chi connectivity index (χ3v) is 5.20. The summed E-state index contributed by atoms with van der Waals surface area (Å²) in [5.74, 6) is 1.01. The predicted octanol–water partition coefficient (Wildman–Crippen LogP) is 4.09. The highest BCUT2D eigenvalue weighted by Crippen LogP contribution is 2.34. The van der Waals surface area contributed by atoms with E-state index in [9.17, 15) is 4.79 Å². The van der Waals surface area contributed by atoms with Crippen LogP contribution in [0.3, 0.4) is 0 Å². The van der Waals surface area contributed by atoms with Crippen LogP contribution in [-0.4, -0.2) is 28.2 Å². The molecule has 0 saturated carbocycles. The number of thiophene rings is 1. The van der Waals surface area contributed by atoms with E-state index in [0.717, 1.165) is 37.9 Å². The lowest BCUT2D eigenvalue weighted by molar-refractivity contribution is 0.0706. The van der Waals surface area contributed by atoms with Gasteiger partial charge in [-0.05, 0) is 60.2 Å². The molecular weight excluding hydrogens is 350 g/mol. The molecule has 0 aliphatic heterocycles. The van der Waals surface area contributed by atoms with E-state index in [4.69, 9.17) is 9.94 Å². The Morgan fingerprint density at radius 1 is 1.12 bits per heavy atom. The van der Waals surface area contributed by atoms with Gasteiger partial charge in [0.05, 0.1) is 23.0 Å². The summed E-state index contributed by atoms with van der Waals surface area (Å²) in [6.07, 6.45) is 0. The van der Waals surface area contributed by atoms with Crippen molar-refractivity contribution < 1.29 is 14.7 Å². The summed E-state index contributed by atoms with van der Waals surface area (Å²) in [4.78, 5) is 21.5. The number of nitrogens with one attached hydrogen (secondary N) is 2. The van der Waals surface area contributed by atoms with Crippen LogP contribution >= 0.6 is 11.3 Å². The number of hydroxylamine groups is 1. The fraction of sp³-hybridized carbons (Fsp3) is 0.0526. The molecule has 1 amide bonds. The molecule has 2 heterocycles. The quantitative estimate of drug-likeness (QED) is 0.375. The number of ether oxygens (including phenoxy) is 1. The van der Waals surface area contributed by atoms with Gasteiger partial charge in [0.15, 0.2) is 0 Å². The predicted molar refractivity (Wildman–Crippen MR) is 101 cm³/mol. The van der Waals surface area contributed by atoms with E-state index < -0.39 is 5.91 Å². The summed E-state index contributed by atoms with van der Waals surface area (Å²) in [6.45, 7) is 0. The van der Waals surface area contributed by atoms with Crippen LogP contribution < -0.4 is 10.2 Å². The molecule has 0 bridgehead atoms. The summed E-state index contributed by atoms with van der Waals surface area (Å²) in [5, 5.41) is 8.76. The first-order valence-electron chi connectivity index (χ1n) is 7.87. The van der Waals surface area contributed by atoms with Gasteiger partial charge in [-0.25, -0.2) is 10.5 Å². The number of carbonyl (C=O) groups is 1. The molecule has 0 atom stereocenters. The third kappa shape index (κ3) is 2.94. The molecule has 0 fully saturated rings. The Bertz CT molecular complexity index is 1080. The van der Waals surface area contributed by atoms with Crippen LogP contribution in [0.15, 0.2) is 54.6 Å². The highest BCUT2D eigenvalue weighted by Gasteiger charge is 2.11. The molecule has 4 rings (SSSR count). The molecule has 4 aromatic rings. The first-order chi connectivity index (χ1) is 12.7. The van der Waals surface area contributed by atoms with Crippen molar-refractivity contribution in [3.63, 3.8) is 0 Å². The molecule has 6 nitrogen and oxygen atoms in total. The Morgan fingerprint density at radius 2 is 1.88 bits per heavy atom. The summed E-state index contributed by atoms with van der Waals surface area (Å²) >= 11 is 1.63. The maximum atomic E-state index is 11.5. The fourth-order valence-corrected chi connectivity index (χ4v) is 3.66. The Labute approximate surface area is 153 Å². The highest BCUT2D eigenvalue weighted by atomic mass is 32.1. The molecule has 2 aromatic carbocycles. The molecule has 0 spiro atoms. The lowest BCUT2D eigenvalue weighted by Crippen LogP contribution is -2.18. The van der Waals surface area contributed by atoms with Crippen LogP contribution in [0.25, 0.3) is 32.2 Å². The summed E-state index contributed by atoms with van der Waals surface area (Å²) in [5.41, 5.74) is 4.60. The van der Waals surface area contributed by atoms with E-state index in [1.54, 1.807) is 42.1 Å². The van der Waals surface area contributed by atoms with E-state index in [2.05, 4.69) is 16.0 Å². The zero-order valence-electron chi connectivity index (χ0n) is 13.8. The van der Waals surface area contributed by atoms with Gasteiger partial charge in [-0.2, -0.15) is 0 Å². The van der Waals surface area contributed by atoms with Crippen molar-refractivity contribution in [2.24, 2.45) is 0 Å². The second-order valence-corrected chi connectivity index (χ2v) is 6.73. The van der Waals surface area contributed by atoms with Crippen molar-refractivity contribution in [1.82, 2.24) is 15.4 Å². The zero-order valence-corrected chi connectivity index (χ0v) is 14.6. The smallest absolute Gasteiger partial charge is 0.274 e. The molecule has 7 heteroatoms.